The van der Waals surface area contributed by atoms with E-state index >= 15 is 0 Å². The summed E-state index contributed by atoms with van der Waals surface area (Å²) < 4.78 is 10.6. The minimum absolute atomic E-state index is 0.359. The molecule has 0 aliphatic heterocycles. The number of hydrogen-bond acceptors (Lipinski definition) is 4. The fourth-order valence-corrected chi connectivity index (χ4v) is 3.14. The summed E-state index contributed by atoms with van der Waals surface area (Å²) in [5.41, 5.74) is 0.898. The molecule has 0 saturated carbocycles. The first-order valence-corrected chi connectivity index (χ1v) is 12.4. The highest BCUT2D eigenvalue weighted by Gasteiger charge is 2.10. The maximum Gasteiger partial charge on any atom is 0.338 e. The highest BCUT2D eigenvalue weighted by Crippen LogP contribution is 2.09. The quantitative estimate of drug-likeness (QED) is 0.132. The standard InChI is InChI=1S/C28H42O4/c1-3-5-7-9-11-13-15-17-23-31-27(29)25-19-21-26(22-20-25)28(30)32-24-18-16-14-12-10-8-6-4-2/h11-14,19-22H,3-10,15-18,23-24H2,1-2H3/b13-11+,14-12+. The average Bonchev–Trinajstić information content (AvgIpc) is 2.81. The first-order valence-electron chi connectivity index (χ1n) is 12.4. The summed E-state index contributed by atoms with van der Waals surface area (Å²) in [4.78, 5) is 24.3. The second-order valence-electron chi connectivity index (χ2n) is 8.07. The summed E-state index contributed by atoms with van der Waals surface area (Å²) in [7, 11) is 0. The zero-order valence-electron chi connectivity index (χ0n) is 20.2. The summed E-state index contributed by atoms with van der Waals surface area (Å²) in [5, 5.41) is 0. The largest absolute Gasteiger partial charge is 0.462 e. The maximum absolute atomic E-state index is 12.1. The lowest BCUT2D eigenvalue weighted by Gasteiger charge is -2.06. The van der Waals surface area contributed by atoms with E-state index in [1.54, 1.807) is 24.3 Å². The number of carbonyl (C=O) groups excluding carboxylic acids is 2. The van der Waals surface area contributed by atoms with E-state index in [4.69, 9.17) is 9.47 Å². The lowest BCUT2D eigenvalue weighted by Crippen LogP contribution is -2.09. The van der Waals surface area contributed by atoms with E-state index in [2.05, 4.69) is 38.2 Å². The molecule has 178 valence electrons. The van der Waals surface area contributed by atoms with Crippen LogP contribution >= 0.6 is 0 Å². The average molecular weight is 443 g/mol. The summed E-state index contributed by atoms with van der Waals surface area (Å²) >= 11 is 0. The molecule has 0 aromatic heterocycles. The van der Waals surface area contributed by atoms with Gasteiger partial charge in [0.2, 0.25) is 0 Å². The Hall–Kier alpha value is -2.36. The Morgan fingerprint density at radius 2 is 0.938 bits per heavy atom. The van der Waals surface area contributed by atoms with E-state index in [0.29, 0.717) is 24.3 Å². The Morgan fingerprint density at radius 3 is 1.28 bits per heavy atom. The summed E-state index contributed by atoms with van der Waals surface area (Å²) in [5.74, 6) is -0.717. The van der Waals surface area contributed by atoms with Crippen LogP contribution in [0.4, 0.5) is 0 Å². The number of unbranched alkanes of at least 4 members (excludes halogenated alkanes) is 8. The van der Waals surface area contributed by atoms with Gasteiger partial charge in [-0.1, -0.05) is 63.8 Å². The minimum atomic E-state index is -0.359. The third-order valence-electron chi connectivity index (χ3n) is 5.13. The van der Waals surface area contributed by atoms with Gasteiger partial charge in [0, 0.05) is 0 Å². The van der Waals surface area contributed by atoms with E-state index in [1.165, 1.54) is 38.5 Å². The van der Waals surface area contributed by atoms with Crippen molar-refractivity contribution in [2.75, 3.05) is 13.2 Å². The number of benzene rings is 1. The van der Waals surface area contributed by atoms with Gasteiger partial charge in [-0.3, -0.25) is 0 Å². The number of hydrogen-bond donors (Lipinski definition) is 0. The molecule has 4 nitrogen and oxygen atoms in total. The molecule has 32 heavy (non-hydrogen) atoms. The fourth-order valence-electron chi connectivity index (χ4n) is 3.14. The van der Waals surface area contributed by atoms with Gasteiger partial charge in [-0.25, -0.2) is 9.59 Å². The Labute approximate surface area is 195 Å². The number of ether oxygens (including phenoxy) is 2. The molecule has 0 aliphatic rings. The molecule has 1 rings (SSSR count). The van der Waals surface area contributed by atoms with Crippen LogP contribution in [0.2, 0.25) is 0 Å². The predicted octanol–water partition coefficient (Wildman–Crippen LogP) is 7.83. The third-order valence-corrected chi connectivity index (χ3v) is 5.13. The first kappa shape index (κ1) is 27.7. The Balaban J connectivity index is 2.19. The normalized spacial score (nSPS) is 11.3. The van der Waals surface area contributed by atoms with Crippen LogP contribution in [0.5, 0.6) is 0 Å². The Morgan fingerprint density at radius 1 is 0.594 bits per heavy atom. The van der Waals surface area contributed by atoms with Crippen LogP contribution in [0.15, 0.2) is 48.6 Å². The van der Waals surface area contributed by atoms with Gasteiger partial charge in [0.15, 0.2) is 0 Å². The van der Waals surface area contributed by atoms with Crippen LogP contribution in [0.3, 0.4) is 0 Å². The molecule has 0 heterocycles. The van der Waals surface area contributed by atoms with E-state index in [9.17, 15) is 9.59 Å². The molecular formula is C28H42O4. The van der Waals surface area contributed by atoms with Crippen molar-refractivity contribution in [3.63, 3.8) is 0 Å². The van der Waals surface area contributed by atoms with Gasteiger partial charge in [-0.2, -0.15) is 0 Å². The Bertz CT molecular complexity index is 614. The molecule has 0 atom stereocenters. The zero-order valence-corrected chi connectivity index (χ0v) is 20.2. The highest BCUT2D eigenvalue weighted by atomic mass is 16.5. The van der Waals surface area contributed by atoms with Crippen LogP contribution < -0.4 is 0 Å². The van der Waals surface area contributed by atoms with Crippen molar-refractivity contribution in [3.8, 4) is 0 Å². The summed E-state index contributed by atoms with van der Waals surface area (Å²) in [6.07, 6.45) is 21.9. The predicted molar refractivity (Wildman–Crippen MR) is 132 cm³/mol. The van der Waals surface area contributed by atoms with E-state index in [1.807, 2.05) is 0 Å². The lowest BCUT2D eigenvalue weighted by atomic mass is 10.1. The molecule has 0 aliphatic carbocycles. The van der Waals surface area contributed by atoms with E-state index in [0.717, 1.165) is 38.5 Å². The first-order chi connectivity index (χ1) is 15.7. The van der Waals surface area contributed by atoms with Crippen LogP contribution in [-0.4, -0.2) is 25.2 Å². The van der Waals surface area contributed by atoms with E-state index in [-0.39, 0.29) is 11.9 Å². The van der Waals surface area contributed by atoms with Crippen molar-refractivity contribution in [1.29, 1.82) is 0 Å². The van der Waals surface area contributed by atoms with Crippen molar-refractivity contribution < 1.29 is 19.1 Å². The SMILES string of the molecule is CCCCC/C=C/CCCOC(=O)c1ccc(C(=O)OCCC/C=C/CCCCC)cc1. The molecular weight excluding hydrogens is 400 g/mol. The van der Waals surface area contributed by atoms with Crippen molar-refractivity contribution in [2.45, 2.75) is 90.9 Å². The smallest absolute Gasteiger partial charge is 0.338 e. The van der Waals surface area contributed by atoms with Crippen molar-refractivity contribution in [1.82, 2.24) is 0 Å². The zero-order chi connectivity index (χ0) is 23.3. The third kappa shape index (κ3) is 13.8. The second kappa shape index (κ2) is 19.3. The van der Waals surface area contributed by atoms with Crippen LogP contribution in [0.1, 0.15) is 112 Å². The number of rotatable bonds is 18. The van der Waals surface area contributed by atoms with Gasteiger partial charge in [0.05, 0.1) is 24.3 Å². The molecule has 4 heteroatoms. The molecule has 0 spiro atoms. The highest BCUT2D eigenvalue weighted by molar-refractivity contribution is 5.93. The molecule has 0 unspecified atom stereocenters. The molecule has 0 saturated heterocycles. The van der Waals surface area contributed by atoms with Gasteiger partial charge in [0.1, 0.15) is 0 Å². The van der Waals surface area contributed by atoms with Gasteiger partial charge >= 0.3 is 11.9 Å². The van der Waals surface area contributed by atoms with Crippen molar-refractivity contribution >= 4 is 11.9 Å². The van der Waals surface area contributed by atoms with Crippen LogP contribution in [0, 0.1) is 0 Å². The monoisotopic (exact) mass is 442 g/mol. The molecule has 0 N–H and O–H groups in total. The number of carbonyl (C=O) groups is 2. The molecule has 0 bridgehead atoms. The molecule has 0 amide bonds. The van der Waals surface area contributed by atoms with Gasteiger partial charge < -0.3 is 9.47 Å². The minimum Gasteiger partial charge on any atom is -0.462 e. The Kier molecular flexibility index (Phi) is 16.7. The lowest BCUT2D eigenvalue weighted by molar-refractivity contribution is 0.0487. The topological polar surface area (TPSA) is 52.6 Å². The molecule has 1 aromatic carbocycles. The number of allylic oxidation sites excluding steroid dienone is 4. The number of esters is 2. The maximum atomic E-state index is 12.1. The fraction of sp³-hybridized carbons (Fsp3) is 0.571. The van der Waals surface area contributed by atoms with Crippen molar-refractivity contribution in [3.05, 3.63) is 59.7 Å². The summed E-state index contributed by atoms with van der Waals surface area (Å²) in [6, 6.07) is 6.47. The van der Waals surface area contributed by atoms with Gasteiger partial charge in [-0.15, -0.1) is 0 Å². The molecule has 0 fully saturated rings. The van der Waals surface area contributed by atoms with Gasteiger partial charge in [0.25, 0.3) is 0 Å². The van der Waals surface area contributed by atoms with Crippen LogP contribution in [0.25, 0.3) is 0 Å². The summed E-state index contributed by atoms with van der Waals surface area (Å²) in [6.45, 7) is 5.20. The molecule has 0 radical (unpaired) electrons. The molecule has 1 aromatic rings. The van der Waals surface area contributed by atoms with E-state index < -0.39 is 0 Å². The van der Waals surface area contributed by atoms with Crippen LogP contribution in [-0.2, 0) is 9.47 Å². The van der Waals surface area contributed by atoms with Gasteiger partial charge in [-0.05, 0) is 75.6 Å². The second-order valence-corrected chi connectivity index (χ2v) is 8.07. The van der Waals surface area contributed by atoms with Crippen molar-refractivity contribution in [2.24, 2.45) is 0 Å².